The largest absolute Gasteiger partial charge is 0.356 e. The zero-order chi connectivity index (χ0) is 18.5. The predicted octanol–water partition coefficient (Wildman–Crippen LogP) is 4.22. The third-order valence-electron chi connectivity index (χ3n) is 4.60. The lowest BCUT2D eigenvalue weighted by atomic mass is 9.92. The van der Waals surface area contributed by atoms with Crippen molar-refractivity contribution in [1.82, 2.24) is 14.7 Å². The fourth-order valence-corrected chi connectivity index (χ4v) is 3.25. The van der Waals surface area contributed by atoms with Gasteiger partial charge in [0.05, 0.1) is 5.69 Å². The highest BCUT2D eigenvalue weighted by molar-refractivity contribution is 5.77. The van der Waals surface area contributed by atoms with Crippen LogP contribution in [0.4, 0.5) is 4.39 Å². The Morgan fingerprint density at radius 1 is 1.27 bits per heavy atom. The molecule has 3 rings (SSSR count). The molecule has 1 unspecified atom stereocenters. The first-order valence-electron chi connectivity index (χ1n) is 9.05. The van der Waals surface area contributed by atoms with E-state index in [9.17, 15) is 9.18 Å². The molecule has 1 N–H and O–H groups in total. The topological polar surface area (TPSA) is 46.4 Å². The van der Waals surface area contributed by atoms with Crippen LogP contribution in [0.25, 0.3) is 5.65 Å². The first-order chi connectivity index (χ1) is 12.6. The van der Waals surface area contributed by atoms with E-state index in [-0.39, 0.29) is 24.1 Å². The lowest BCUT2D eigenvalue weighted by molar-refractivity contribution is -0.121. The van der Waals surface area contributed by atoms with E-state index in [1.165, 1.54) is 12.1 Å². The smallest absolute Gasteiger partial charge is 0.221 e. The summed E-state index contributed by atoms with van der Waals surface area (Å²) in [6.07, 6.45) is 4.03. The van der Waals surface area contributed by atoms with E-state index in [2.05, 4.69) is 17.2 Å². The van der Waals surface area contributed by atoms with Gasteiger partial charge in [0, 0.05) is 30.8 Å². The minimum absolute atomic E-state index is 0.0313. The van der Waals surface area contributed by atoms with Gasteiger partial charge in [0.25, 0.3) is 0 Å². The van der Waals surface area contributed by atoms with Crippen molar-refractivity contribution >= 4 is 11.6 Å². The van der Waals surface area contributed by atoms with Crippen LogP contribution < -0.4 is 5.32 Å². The molecule has 2 heterocycles. The summed E-state index contributed by atoms with van der Waals surface area (Å²) in [5.41, 5.74) is 3.53. The van der Waals surface area contributed by atoms with Crippen LogP contribution in [0.2, 0.25) is 0 Å². The molecule has 1 atom stereocenters. The number of pyridine rings is 1. The molecule has 4 nitrogen and oxygen atoms in total. The van der Waals surface area contributed by atoms with Gasteiger partial charge in [-0.25, -0.2) is 9.37 Å². The molecule has 3 aromatic rings. The highest BCUT2D eigenvalue weighted by Crippen LogP contribution is 2.30. The van der Waals surface area contributed by atoms with Crippen molar-refractivity contribution in [1.29, 1.82) is 0 Å². The molecule has 0 spiro atoms. The first kappa shape index (κ1) is 18.1. The molecule has 0 aliphatic heterocycles. The number of carbonyl (C=O) groups excluding carboxylic acids is 1. The number of unbranched alkanes of at least 4 members (excludes halogenated alkanes) is 1. The van der Waals surface area contributed by atoms with E-state index in [1.807, 2.05) is 35.6 Å². The lowest BCUT2D eigenvalue weighted by Gasteiger charge is -2.18. The zero-order valence-electron chi connectivity index (χ0n) is 15.2. The number of amides is 1. The van der Waals surface area contributed by atoms with Crippen molar-refractivity contribution < 1.29 is 9.18 Å². The molecule has 0 aliphatic rings. The second-order valence-corrected chi connectivity index (χ2v) is 6.56. The van der Waals surface area contributed by atoms with E-state index in [0.29, 0.717) is 6.54 Å². The van der Waals surface area contributed by atoms with Gasteiger partial charge in [-0.3, -0.25) is 4.79 Å². The van der Waals surface area contributed by atoms with E-state index >= 15 is 0 Å². The molecular weight excluding hydrogens is 329 g/mol. The van der Waals surface area contributed by atoms with Crippen molar-refractivity contribution in [2.45, 2.75) is 39.0 Å². The van der Waals surface area contributed by atoms with Crippen molar-refractivity contribution in [3.8, 4) is 0 Å². The fourth-order valence-electron chi connectivity index (χ4n) is 3.25. The van der Waals surface area contributed by atoms with Crippen LogP contribution in [0, 0.1) is 12.7 Å². The molecule has 0 fully saturated rings. The van der Waals surface area contributed by atoms with Crippen molar-refractivity contribution in [2.75, 3.05) is 6.54 Å². The van der Waals surface area contributed by atoms with Gasteiger partial charge in [0.2, 0.25) is 5.91 Å². The number of hydrogen-bond donors (Lipinski definition) is 1. The number of nitrogens with one attached hydrogen (secondary N) is 1. The summed E-state index contributed by atoms with van der Waals surface area (Å²) >= 11 is 0. The second kappa shape index (κ2) is 8.13. The molecule has 2 aromatic heterocycles. The van der Waals surface area contributed by atoms with Gasteiger partial charge in [0.15, 0.2) is 0 Å². The Hall–Kier alpha value is -2.69. The van der Waals surface area contributed by atoms with Gasteiger partial charge in [-0.2, -0.15) is 0 Å². The number of nitrogens with zero attached hydrogens (tertiary/aromatic N) is 2. The van der Waals surface area contributed by atoms with Gasteiger partial charge in [-0.15, -0.1) is 0 Å². The number of benzene rings is 1. The maximum atomic E-state index is 13.8. The number of rotatable bonds is 7. The molecule has 26 heavy (non-hydrogen) atoms. The summed E-state index contributed by atoms with van der Waals surface area (Å²) in [6, 6.07) is 12.4. The molecule has 0 saturated carbocycles. The van der Waals surface area contributed by atoms with E-state index in [4.69, 9.17) is 0 Å². The molecule has 1 amide bonds. The molecule has 1 aromatic carbocycles. The second-order valence-electron chi connectivity index (χ2n) is 6.56. The van der Waals surface area contributed by atoms with Crippen molar-refractivity contribution in [3.05, 3.63) is 71.4 Å². The average Bonchev–Trinajstić information content (AvgIpc) is 3.05. The predicted molar refractivity (Wildman–Crippen MR) is 101 cm³/mol. The van der Waals surface area contributed by atoms with Crippen LogP contribution in [0.5, 0.6) is 0 Å². The third-order valence-corrected chi connectivity index (χ3v) is 4.60. The van der Waals surface area contributed by atoms with Crippen molar-refractivity contribution in [2.24, 2.45) is 0 Å². The van der Waals surface area contributed by atoms with Crippen LogP contribution in [-0.4, -0.2) is 21.8 Å². The van der Waals surface area contributed by atoms with Crippen LogP contribution in [-0.2, 0) is 4.79 Å². The van der Waals surface area contributed by atoms with Crippen molar-refractivity contribution in [3.63, 3.8) is 0 Å². The minimum atomic E-state index is -0.301. The summed E-state index contributed by atoms with van der Waals surface area (Å²) in [6.45, 7) is 4.75. The first-order valence-corrected chi connectivity index (χ1v) is 9.05. The Bertz CT molecular complexity index is 903. The molecule has 0 bridgehead atoms. The number of aryl methyl sites for hydroxylation is 1. The molecular formula is C21H24FN3O. The maximum Gasteiger partial charge on any atom is 0.221 e. The lowest BCUT2D eigenvalue weighted by Crippen LogP contribution is -2.26. The fraction of sp³-hybridized carbons (Fsp3) is 0.333. The number of imidazole rings is 1. The molecule has 0 radical (unpaired) electrons. The maximum absolute atomic E-state index is 13.8. The van der Waals surface area contributed by atoms with Gasteiger partial charge < -0.3 is 9.72 Å². The normalized spacial score (nSPS) is 12.3. The molecule has 0 saturated heterocycles. The monoisotopic (exact) mass is 353 g/mol. The zero-order valence-corrected chi connectivity index (χ0v) is 15.2. The number of halogens is 1. The summed E-state index contributed by atoms with van der Waals surface area (Å²) in [4.78, 5) is 16.9. The van der Waals surface area contributed by atoms with E-state index in [1.54, 1.807) is 12.3 Å². The summed E-state index contributed by atoms with van der Waals surface area (Å²) < 4.78 is 15.9. The summed E-state index contributed by atoms with van der Waals surface area (Å²) in [7, 11) is 0. The summed E-state index contributed by atoms with van der Waals surface area (Å²) in [5, 5.41) is 2.96. The van der Waals surface area contributed by atoms with Gasteiger partial charge in [0.1, 0.15) is 11.5 Å². The Labute approximate surface area is 153 Å². The average molecular weight is 353 g/mol. The minimum Gasteiger partial charge on any atom is -0.356 e. The van der Waals surface area contributed by atoms with Crippen LogP contribution >= 0.6 is 0 Å². The van der Waals surface area contributed by atoms with Crippen LogP contribution in [0.1, 0.15) is 49.1 Å². The number of hydrogen-bond acceptors (Lipinski definition) is 2. The van der Waals surface area contributed by atoms with Crippen LogP contribution in [0.15, 0.2) is 48.7 Å². The van der Waals surface area contributed by atoms with Crippen LogP contribution in [0.3, 0.4) is 0 Å². The van der Waals surface area contributed by atoms with Gasteiger partial charge >= 0.3 is 0 Å². The van der Waals surface area contributed by atoms with E-state index in [0.717, 1.165) is 35.4 Å². The molecule has 5 heteroatoms. The Morgan fingerprint density at radius 3 is 2.85 bits per heavy atom. The Balaban J connectivity index is 1.98. The third kappa shape index (κ3) is 3.93. The molecule has 0 aliphatic carbocycles. The quantitative estimate of drug-likeness (QED) is 0.647. The molecule has 136 valence electrons. The SMILES string of the molecule is CCCCNC(=O)CC(c1cccc(F)c1)c1cnc2cccc(C)n12. The Kier molecular flexibility index (Phi) is 5.66. The number of fused-ring (bicyclic) bond motifs is 1. The number of carbonyl (C=O) groups is 1. The highest BCUT2D eigenvalue weighted by atomic mass is 19.1. The standard InChI is InChI=1S/C21H24FN3O/c1-3-4-11-23-21(26)13-18(16-8-6-9-17(22)12-16)19-14-24-20-10-5-7-15(2)25(19)20/h5-10,12,14,18H,3-4,11,13H2,1-2H3,(H,23,26). The van der Waals surface area contributed by atoms with E-state index < -0.39 is 0 Å². The number of aromatic nitrogens is 2. The Morgan fingerprint density at radius 2 is 2.08 bits per heavy atom. The van der Waals surface area contributed by atoms with Gasteiger partial charge in [-0.1, -0.05) is 31.5 Å². The van der Waals surface area contributed by atoms with Gasteiger partial charge in [-0.05, 0) is 43.2 Å². The highest BCUT2D eigenvalue weighted by Gasteiger charge is 2.22. The summed E-state index contributed by atoms with van der Waals surface area (Å²) in [5.74, 6) is -0.593.